The van der Waals surface area contributed by atoms with E-state index in [1.807, 2.05) is 0 Å². The first kappa shape index (κ1) is 33.5. The molecule has 0 saturated carbocycles. The second-order valence-corrected chi connectivity index (χ2v) is 12.1. The molecule has 3 saturated heterocycles. The van der Waals surface area contributed by atoms with Crippen molar-refractivity contribution in [2.75, 3.05) is 19.8 Å². The van der Waals surface area contributed by atoms with E-state index in [2.05, 4.69) is 26.6 Å². The highest BCUT2D eigenvalue weighted by molar-refractivity contribution is 6.21. The molecule has 4 rings (SSSR count). The van der Waals surface area contributed by atoms with Gasteiger partial charge in [0.15, 0.2) is 18.2 Å². The van der Waals surface area contributed by atoms with Gasteiger partial charge in [-0.3, -0.25) is 34.0 Å². The molecule has 4 heterocycles. The normalized spacial score (nSPS) is 38.0. The van der Waals surface area contributed by atoms with Gasteiger partial charge in [0.2, 0.25) is 11.8 Å². The van der Waals surface area contributed by atoms with Crippen LogP contribution in [-0.4, -0.2) is 145 Å². The second kappa shape index (κ2) is 13.3. The fraction of sp³-hybridized carbons (Fsp3) is 0.720. The molecule has 19 heteroatoms. The molecule has 7 N–H and O–H groups in total. The third-order valence-electron chi connectivity index (χ3n) is 7.91. The molecule has 244 valence electrons. The minimum atomic E-state index is -2.07. The van der Waals surface area contributed by atoms with Gasteiger partial charge < -0.3 is 30.7 Å². The van der Waals surface area contributed by atoms with Crippen molar-refractivity contribution >= 4 is 53.3 Å². The van der Waals surface area contributed by atoms with Crippen LogP contribution in [-0.2, 0) is 33.5 Å². The number of carbonyl (C=O) groups excluding carboxylic acids is 6. The van der Waals surface area contributed by atoms with Gasteiger partial charge in [-0.15, -0.1) is 11.6 Å². The highest BCUT2D eigenvalue weighted by Crippen LogP contribution is 2.24. The van der Waals surface area contributed by atoms with Crippen LogP contribution in [0.1, 0.15) is 40.0 Å². The van der Waals surface area contributed by atoms with Crippen LogP contribution in [0.15, 0.2) is 5.10 Å². The third kappa shape index (κ3) is 6.64. The van der Waals surface area contributed by atoms with E-state index < -0.39 is 96.0 Å². The fourth-order valence-corrected chi connectivity index (χ4v) is 5.52. The van der Waals surface area contributed by atoms with Gasteiger partial charge in [-0.05, 0) is 40.0 Å². The molecule has 0 spiro atoms. The number of alkyl halides is 1. The summed E-state index contributed by atoms with van der Waals surface area (Å²) in [6.45, 7) is 2.36. The minimum absolute atomic E-state index is 0.0219. The minimum Gasteiger partial charge on any atom is -0.454 e. The van der Waals surface area contributed by atoms with Crippen molar-refractivity contribution in [1.82, 2.24) is 36.5 Å². The van der Waals surface area contributed by atoms with Crippen molar-refractivity contribution in [1.29, 1.82) is 0 Å². The van der Waals surface area contributed by atoms with E-state index in [9.17, 15) is 44.1 Å². The Morgan fingerprint density at radius 3 is 2.43 bits per heavy atom. The zero-order valence-electron chi connectivity index (χ0n) is 24.3. The molecule has 18 nitrogen and oxygen atoms in total. The molecular formula is C25H37ClN8O10. The van der Waals surface area contributed by atoms with E-state index in [0.717, 1.165) is 23.2 Å². The van der Waals surface area contributed by atoms with E-state index in [-0.39, 0.29) is 25.4 Å². The number of hydrogen-bond donors (Lipinski definition) is 7. The van der Waals surface area contributed by atoms with Gasteiger partial charge in [-0.25, -0.2) is 20.7 Å². The first-order chi connectivity index (χ1) is 20.7. The van der Waals surface area contributed by atoms with Gasteiger partial charge in [0.1, 0.15) is 30.3 Å². The number of rotatable bonds is 1. The van der Waals surface area contributed by atoms with Gasteiger partial charge in [0, 0.05) is 12.6 Å². The summed E-state index contributed by atoms with van der Waals surface area (Å²) in [7, 11) is 0. The molecule has 0 bridgehead atoms. The molecule has 9 atom stereocenters. The quantitative estimate of drug-likeness (QED) is 0.105. The first-order valence-electron chi connectivity index (χ1n) is 14.1. The largest absolute Gasteiger partial charge is 0.454 e. The molecule has 4 aliphatic rings. The lowest BCUT2D eigenvalue weighted by atomic mass is 9.98. The van der Waals surface area contributed by atoms with Gasteiger partial charge in [-0.1, -0.05) is 0 Å². The van der Waals surface area contributed by atoms with E-state index in [1.165, 1.54) is 6.92 Å². The maximum absolute atomic E-state index is 14.0. The highest BCUT2D eigenvalue weighted by atomic mass is 35.5. The van der Waals surface area contributed by atoms with E-state index >= 15 is 0 Å². The van der Waals surface area contributed by atoms with Crippen LogP contribution in [0.5, 0.6) is 0 Å². The van der Waals surface area contributed by atoms with E-state index in [1.54, 1.807) is 6.92 Å². The maximum atomic E-state index is 14.0. The molecule has 5 amide bonds. The Morgan fingerprint density at radius 2 is 1.75 bits per heavy atom. The van der Waals surface area contributed by atoms with Crippen molar-refractivity contribution in [3.63, 3.8) is 0 Å². The lowest BCUT2D eigenvalue weighted by Crippen LogP contribution is -2.70. The van der Waals surface area contributed by atoms with Crippen molar-refractivity contribution < 1.29 is 48.8 Å². The lowest BCUT2D eigenvalue weighted by Gasteiger charge is -2.45. The number of fused-ring (bicyclic) bond motifs is 3. The predicted octanol–water partition coefficient (Wildman–Crippen LogP) is -4.57. The topological polar surface area (TPSA) is 243 Å². The predicted molar refractivity (Wildman–Crippen MR) is 149 cm³/mol. The number of aliphatic hydroxyl groups is 3. The van der Waals surface area contributed by atoms with Crippen LogP contribution < -0.4 is 21.5 Å². The number of cyclic esters (lactones) is 1. The average Bonchev–Trinajstić information content (AvgIpc) is 2.99. The number of amides is 5. The molecule has 0 radical (unpaired) electrons. The molecule has 4 aliphatic heterocycles. The number of hydrazine groups is 2. The number of nitrogens with one attached hydrogen (secondary N) is 4. The smallest absolute Gasteiger partial charge is 0.334 e. The summed E-state index contributed by atoms with van der Waals surface area (Å²) in [4.78, 5) is 80.5. The summed E-state index contributed by atoms with van der Waals surface area (Å²) < 4.78 is 5.06. The monoisotopic (exact) mass is 644 g/mol. The van der Waals surface area contributed by atoms with Gasteiger partial charge in [0.05, 0.1) is 18.2 Å². The van der Waals surface area contributed by atoms with Crippen LogP contribution in [0.25, 0.3) is 0 Å². The molecule has 3 fully saturated rings. The lowest BCUT2D eigenvalue weighted by molar-refractivity contribution is -0.166. The van der Waals surface area contributed by atoms with Crippen LogP contribution in [0.4, 0.5) is 0 Å². The average molecular weight is 645 g/mol. The molecule has 0 aromatic carbocycles. The number of hydrazone groups is 1. The zero-order chi connectivity index (χ0) is 32.5. The Labute approximate surface area is 257 Å². The van der Waals surface area contributed by atoms with Gasteiger partial charge in [-0.2, -0.15) is 5.10 Å². The van der Waals surface area contributed by atoms with Crippen molar-refractivity contribution in [2.45, 2.75) is 93.4 Å². The Bertz CT molecular complexity index is 1220. The Balaban J connectivity index is 1.75. The number of halogens is 1. The van der Waals surface area contributed by atoms with Crippen LogP contribution in [0.2, 0.25) is 0 Å². The zero-order valence-corrected chi connectivity index (χ0v) is 25.1. The second-order valence-electron chi connectivity index (χ2n) is 11.5. The Kier molecular flexibility index (Phi) is 10.1. The summed E-state index contributed by atoms with van der Waals surface area (Å²) in [6, 6.07) is -5.87. The summed E-state index contributed by atoms with van der Waals surface area (Å²) in [5, 5.41) is 41.2. The summed E-state index contributed by atoms with van der Waals surface area (Å²) in [6.07, 6.45) is -2.14. The van der Waals surface area contributed by atoms with Gasteiger partial charge >= 0.3 is 5.97 Å². The fourth-order valence-electron chi connectivity index (χ4n) is 5.29. The number of ether oxygens (including phenoxy) is 1. The van der Waals surface area contributed by atoms with E-state index in [4.69, 9.17) is 16.3 Å². The summed E-state index contributed by atoms with van der Waals surface area (Å²) in [5.74, 6) is -5.69. The van der Waals surface area contributed by atoms with Gasteiger partial charge in [0.25, 0.3) is 17.7 Å². The molecule has 0 aromatic rings. The number of esters is 1. The molecule has 0 aliphatic carbocycles. The summed E-state index contributed by atoms with van der Waals surface area (Å²) >= 11 is 6.36. The van der Waals surface area contributed by atoms with E-state index in [0.29, 0.717) is 11.4 Å². The third-order valence-corrected chi connectivity index (χ3v) is 8.24. The first-order valence-corrected chi connectivity index (χ1v) is 14.5. The maximum Gasteiger partial charge on any atom is 0.334 e. The van der Waals surface area contributed by atoms with Crippen LogP contribution in [0.3, 0.4) is 0 Å². The molecular weight excluding hydrogens is 608 g/mol. The van der Waals surface area contributed by atoms with Crippen LogP contribution >= 0.6 is 11.6 Å². The van der Waals surface area contributed by atoms with Crippen molar-refractivity contribution in [3.8, 4) is 0 Å². The molecule has 1 unspecified atom stereocenters. The Morgan fingerprint density at radius 1 is 1.05 bits per heavy atom. The Hall–Kier alpha value is -3.42. The van der Waals surface area contributed by atoms with Crippen LogP contribution in [0, 0.1) is 0 Å². The highest BCUT2D eigenvalue weighted by Gasteiger charge is 2.48. The number of nitrogens with zero attached hydrogens (tertiary/aromatic N) is 4. The van der Waals surface area contributed by atoms with Crippen molar-refractivity contribution in [2.24, 2.45) is 5.10 Å². The summed E-state index contributed by atoms with van der Waals surface area (Å²) in [5.41, 5.74) is 3.68. The number of aliphatic hydroxyl groups excluding tert-OH is 3. The van der Waals surface area contributed by atoms with Crippen molar-refractivity contribution in [3.05, 3.63) is 0 Å². The standard InChI is InChI=1S/C25H37ClN8O10/c1-11-4-5-14-20(39)30-25(3,10-35)24(43)44-9-17(37)34-18(19(38)16(36)8-28-34)21(40)29-12(2)22(41)32-15(6-13(26)7-27-32)23(42)33(14)31-11/h8,11-16,18-19,27,31,35-36,38H,4-7,9-10H2,1-3H3,(H,29,40)(H,30,39)/t11?,12-,13-,14-,15+,16+,18-,19+,25-/m0/s1. The number of hydrogen-bond acceptors (Lipinski definition) is 13. The molecule has 44 heavy (non-hydrogen) atoms. The number of carbonyl (C=O) groups is 6. The SMILES string of the molecule is CC1CC[C@H]2C(=O)N[C@@](C)(CO)C(=O)OCC(=O)N3N=C[C@@H](O)[C@@H](O)[C@H]3C(=O)N[C@@H](C)C(=O)N3NC[C@@H](Cl)C[C@@H]3C(=O)N2N1. The molecule has 0 aromatic heterocycles.